The summed E-state index contributed by atoms with van der Waals surface area (Å²) in [5.74, 6) is 0.907. The van der Waals surface area contributed by atoms with Crippen molar-refractivity contribution >= 4 is 17.7 Å². The van der Waals surface area contributed by atoms with Crippen molar-refractivity contribution in [3.8, 4) is 11.4 Å². The zero-order valence-electron chi connectivity index (χ0n) is 16.4. The topological polar surface area (TPSA) is 70.7 Å². The number of benzene rings is 3. The molecule has 4 aromatic rings. The summed E-state index contributed by atoms with van der Waals surface area (Å²) in [6.45, 7) is 0. The molecule has 1 atom stereocenters. The van der Waals surface area contributed by atoms with Gasteiger partial charge in [0.05, 0.1) is 11.8 Å². The first-order valence-corrected chi connectivity index (χ1v) is 10.8. The summed E-state index contributed by atoms with van der Waals surface area (Å²) in [6.07, 6.45) is 0.736. The molecule has 0 saturated heterocycles. The molecule has 0 aliphatic rings. The van der Waals surface area contributed by atoms with Gasteiger partial charge in [-0.15, -0.1) is 5.10 Å². The number of rotatable bonds is 8. The predicted octanol–water partition coefficient (Wildman–Crippen LogP) is 4.66. The SMILES string of the molecule is O=C(CSc1n[nH]c(-c2ccccc2)n1)N[C@H](Cc1ccccc1)c1ccccc1. The lowest BCUT2D eigenvalue weighted by molar-refractivity contribution is -0.119. The lowest BCUT2D eigenvalue weighted by atomic mass is 9.99. The molecule has 6 heteroatoms. The number of aromatic nitrogens is 3. The highest BCUT2D eigenvalue weighted by Crippen LogP contribution is 2.21. The number of nitrogens with zero attached hydrogens (tertiary/aromatic N) is 2. The van der Waals surface area contributed by atoms with Crippen molar-refractivity contribution in [3.05, 3.63) is 102 Å². The number of H-pyrrole nitrogens is 1. The third-order valence-electron chi connectivity index (χ3n) is 4.66. The van der Waals surface area contributed by atoms with Crippen molar-refractivity contribution in [3.63, 3.8) is 0 Å². The molecule has 5 nitrogen and oxygen atoms in total. The summed E-state index contributed by atoms with van der Waals surface area (Å²) in [5.41, 5.74) is 3.23. The molecule has 0 bridgehead atoms. The molecular formula is C24H22N4OS. The number of hydrogen-bond donors (Lipinski definition) is 2. The largest absolute Gasteiger partial charge is 0.348 e. The van der Waals surface area contributed by atoms with Crippen LogP contribution in [-0.4, -0.2) is 26.8 Å². The van der Waals surface area contributed by atoms with Gasteiger partial charge in [-0.1, -0.05) is 103 Å². The van der Waals surface area contributed by atoms with Gasteiger partial charge < -0.3 is 5.32 Å². The van der Waals surface area contributed by atoms with Gasteiger partial charge in [0.15, 0.2) is 5.82 Å². The fourth-order valence-corrected chi connectivity index (χ4v) is 3.80. The maximum atomic E-state index is 12.7. The molecule has 3 aromatic carbocycles. The van der Waals surface area contributed by atoms with Crippen LogP contribution in [0.3, 0.4) is 0 Å². The van der Waals surface area contributed by atoms with Crippen molar-refractivity contribution in [1.29, 1.82) is 0 Å². The van der Waals surface area contributed by atoms with Crippen LogP contribution in [0.5, 0.6) is 0 Å². The number of aromatic amines is 1. The molecule has 0 aliphatic heterocycles. The van der Waals surface area contributed by atoms with E-state index in [1.54, 1.807) is 0 Å². The van der Waals surface area contributed by atoms with Gasteiger partial charge in [0.25, 0.3) is 0 Å². The standard InChI is InChI=1S/C24H22N4OS/c29-22(17-30-24-26-23(27-28-24)20-14-8-3-9-15-20)25-21(19-12-6-2-7-13-19)16-18-10-4-1-5-11-18/h1-15,21H,16-17H2,(H,25,29)(H,26,27,28)/t21-/m1/s1. The minimum absolute atomic E-state index is 0.0455. The van der Waals surface area contributed by atoms with Gasteiger partial charge in [-0.2, -0.15) is 0 Å². The van der Waals surface area contributed by atoms with E-state index in [-0.39, 0.29) is 17.7 Å². The molecule has 0 aliphatic carbocycles. The van der Waals surface area contributed by atoms with Crippen molar-refractivity contribution in [2.24, 2.45) is 0 Å². The molecule has 0 unspecified atom stereocenters. The summed E-state index contributed by atoms with van der Waals surface area (Å²) < 4.78 is 0. The zero-order chi connectivity index (χ0) is 20.6. The Morgan fingerprint density at radius 3 is 2.23 bits per heavy atom. The van der Waals surface area contributed by atoms with Gasteiger partial charge in [-0.3, -0.25) is 9.89 Å². The maximum absolute atomic E-state index is 12.7. The fourth-order valence-electron chi connectivity index (χ4n) is 3.19. The van der Waals surface area contributed by atoms with E-state index >= 15 is 0 Å². The maximum Gasteiger partial charge on any atom is 0.230 e. The third-order valence-corrected chi connectivity index (χ3v) is 5.51. The monoisotopic (exact) mass is 414 g/mol. The van der Waals surface area contributed by atoms with Crippen LogP contribution >= 0.6 is 11.8 Å². The second kappa shape index (κ2) is 9.89. The van der Waals surface area contributed by atoms with Crippen molar-refractivity contribution in [2.75, 3.05) is 5.75 Å². The van der Waals surface area contributed by atoms with Crippen molar-refractivity contribution in [2.45, 2.75) is 17.6 Å². The summed E-state index contributed by atoms with van der Waals surface area (Å²) >= 11 is 1.32. The van der Waals surface area contributed by atoms with E-state index < -0.39 is 0 Å². The van der Waals surface area contributed by atoms with E-state index in [4.69, 9.17) is 0 Å². The Hall–Kier alpha value is -3.38. The Labute approximate surface area is 180 Å². The molecule has 0 spiro atoms. The van der Waals surface area contributed by atoms with Gasteiger partial charge in [0, 0.05) is 5.56 Å². The molecule has 150 valence electrons. The van der Waals surface area contributed by atoms with E-state index in [9.17, 15) is 4.79 Å². The van der Waals surface area contributed by atoms with Crippen LogP contribution in [-0.2, 0) is 11.2 Å². The first-order valence-electron chi connectivity index (χ1n) is 9.77. The normalized spacial score (nSPS) is 11.7. The zero-order valence-corrected chi connectivity index (χ0v) is 17.2. The highest BCUT2D eigenvalue weighted by molar-refractivity contribution is 7.99. The minimum Gasteiger partial charge on any atom is -0.348 e. The second-order valence-corrected chi connectivity index (χ2v) is 7.78. The Bertz CT molecular complexity index is 1070. The average Bonchev–Trinajstić information content (AvgIpc) is 3.28. The van der Waals surface area contributed by atoms with E-state index in [0.29, 0.717) is 11.0 Å². The van der Waals surface area contributed by atoms with E-state index in [0.717, 1.165) is 17.5 Å². The Kier molecular flexibility index (Phi) is 6.57. The number of thioether (sulfide) groups is 1. The molecule has 1 heterocycles. The number of carbonyl (C=O) groups excluding carboxylic acids is 1. The Morgan fingerprint density at radius 1 is 0.900 bits per heavy atom. The molecule has 1 aromatic heterocycles. The van der Waals surface area contributed by atoms with Crippen LogP contribution in [0.4, 0.5) is 0 Å². The molecule has 2 N–H and O–H groups in total. The predicted molar refractivity (Wildman–Crippen MR) is 120 cm³/mol. The molecule has 30 heavy (non-hydrogen) atoms. The van der Waals surface area contributed by atoms with Gasteiger partial charge in [-0.05, 0) is 17.5 Å². The molecular weight excluding hydrogens is 392 g/mol. The van der Waals surface area contributed by atoms with Crippen LogP contribution in [0, 0.1) is 0 Å². The first kappa shape index (κ1) is 19.9. The van der Waals surface area contributed by atoms with Crippen LogP contribution in [0.2, 0.25) is 0 Å². The van der Waals surface area contributed by atoms with Crippen molar-refractivity contribution < 1.29 is 4.79 Å². The van der Waals surface area contributed by atoms with Gasteiger partial charge in [-0.25, -0.2) is 4.98 Å². The number of amides is 1. The summed E-state index contributed by atoms with van der Waals surface area (Å²) in [6, 6.07) is 30.0. The van der Waals surface area contributed by atoms with Crippen LogP contribution in [0.1, 0.15) is 17.2 Å². The lowest BCUT2D eigenvalue weighted by Gasteiger charge is -2.19. The molecule has 4 rings (SSSR count). The average molecular weight is 415 g/mol. The highest BCUT2D eigenvalue weighted by Gasteiger charge is 2.16. The molecule has 0 saturated carbocycles. The summed E-state index contributed by atoms with van der Waals surface area (Å²) in [4.78, 5) is 17.1. The summed E-state index contributed by atoms with van der Waals surface area (Å²) in [5, 5.41) is 10.9. The number of carbonyl (C=O) groups is 1. The van der Waals surface area contributed by atoms with E-state index in [1.165, 1.54) is 17.3 Å². The number of nitrogens with one attached hydrogen (secondary N) is 2. The molecule has 1 amide bonds. The van der Waals surface area contributed by atoms with Gasteiger partial charge in [0.1, 0.15) is 0 Å². The van der Waals surface area contributed by atoms with Crippen LogP contribution in [0.15, 0.2) is 96.2 Å². The smallest absolute Gasteiger partial charge is 0.230 e. The Morgan fingerprint density at radius 2 is 1.53 bits per heavy atom. The van der Waals surface area contributed by atoms with Gasteiger partial charge in [0.2, 0.25) is 11.1 Å². The summed E-state index contributed by atoms with van der Waals surface area (Å²) in [7, 11) is 0. The second-order valence-electron chi connectivity index (χ2n) is 6.84. The number of hydrogen-bond acceptors (Lipinski definition) is 4. The van der Waals surface area contributed by atoms with Crippen LogP contribution < -0.4 is 5.32 Å². The van der Waals surface area contributed by atoms with Crippen LogP contribution in [0.25, 0.3) is 11.4 Å². The molecule has 0 radical (unpaired) electrons. The van der Waals surface area contributed by atoms with Crippen molar-refractivity contribution in [1.82, 2.24) is 20.5 Å². The quantitative estimate of drug-likeness (QED) is 0.411. The molecule has 0 fully saturated rings. The van der Waals surface area contributed by atoms with E-state index in [2.05, 4.69) is 32.6 Å². The first-order chi connectivity index (χ1) is 14.8. The lowest BCUT2D eigenvalue weighted by Crippen LogP contribution is -2.31. The van der Waals surface area contributed by atoms with E-state index in [1.807, 2.05) is 78.9 Å². The highest BCUT2D eigenvalue weighted by atomic mass is 32.2. The Balaban J connectivity index is 1.39. The minimum atomic E-state index is -0.0891. The van der Waals surface area contributed by atoms with Gasteiger partial charge >= 0.3 is 0 Å². The third kappa shape index (κ3) is 5.36. The fraction of sp³-hybridized carbons (Fsp3) is 0.125.